The third-order valence-corrected chi connectivity index (χ3v) is 3.80. The fourth-order valence-electron chi connectivity index (χ4n) is 2.14. The third-order valence-electron chi connectivity index (χ3n) is 3.53. The van der Waals surface area contributed by atoms with Crippen molar-refractivity contribution in [3.8, 4) is 0 Å². The third kappa shape index (κ3) is 3.96. The van der Waals surface area contributed by atoms with E-state index in [1.54, 1.807) is 17.0 Å². The molecule has 1 aromatic heterocycles. The Labute approximate surface area is 119 Å². The Bertz CT molecular complexity index is 480. The Morgan fingerprint density at radius 3 is 2.89 bits per heavy atom. The highest BCUT2D eigenvalue weighted by molar-refractivity contribution is 6.17. The summed E-state index contributed by atoms with van der Waals surface area (Å²) in [6.07, 6.45) is 7.71. The smallest absolute Gasteiger partial charge is 0.293 e. The van der Waals surface area contributed by atoms with Crippen molar-refractivity contribution in [1.29, 1.82) is 0 Å². The molecule has 0 amide bonds. The molecule has 0 atom stereocenters. The number of aromatic nitrogens is 2. The van der Waals surface area contributed by atoms with Crippen LogP contribution < -0.4 is 10.9 Å². The molecule has 0 aromatic carbocycles. The first-order valence-corrected chi connectivity index (χ1v) is 7.44. The summed E-state index contributed by atoms with van der Waals surface area (Å²) in [5.41, 5.74) is 0.113. The van der Waals surface area contributed by atoms with E-state index < -0.39 is 0 Å². The molecule has 4 nitrogen and oxygen atoms in total. The number of hydrogen-bond acceptors (Lipinski definition) is 3. The van der Waals surface area contributed by atoms with Gasteiger partial charge in [-0.25, -0.2) is 4.98 Å². The van der Waals surface area contributed by atoms with Crippen LogP contribution in [-0.2, 0) is 0 Å². The molecule has 1 saturated carbocycles. The fraction of sp³-hybridized carbons (Fsp3) is 0.714. The maximum absolute atomic E-state index is 12.2. The average molecular weight is 284 g/mol. The van der Waals surface area contributed by atoms with E-state index in [4.69, 9.17) is 11.6 Å². The molecule has 0 spiro atoms. The van der Waals surface area contributed by atoms with E-state index in [1.807, 2.05) is 0 Å². The van der Waals surface area contributed by atoms with Crippen LogP contribution in [0.3, 0.4) is 0 Å². The van der Waals surface area contributed by atoms with Crippen molar-refractivity contribution in [3.63, 3.8) is 0 Å². The molecule has 0 aliphatic heterocycles. The number of rotatable bonds is 7. The normalized spacial score (nSPS) is 15.5. The molecule has 106 valence electrons. The van der Waals surface area contributed by atoms with Gasteiger partial charge in [0.15, 0.2) is 5.82 Å². The van der Waals surface area contributed by atoms with Gasteiger partial charge >= 0.3 is 0 Å². The molecule has 0 unspecified atom stereocenters. The molecule has 5 heteroatoms. The van der Waals surface area contributed by atoms with Gasteiger partial charge in [0.2, 0.25) is 0 Å². The lowest BCUT2D eigenvalue weighted by Gasteiger charge is -2.24. The fourth-order valence-corrected chi connectivity index (χ4v) is 2.28. The van der Waals surface area contributed by atoms with Crippen molar-refractivity contribution in [2.45, 2.75) is 45.6 Å². The van der Waals surface area contributed by atoms with Crippen molar-refractivity contribution in [2.75, 3.05) is 17.7 Å². The van der Waals surface area contributed by atoms with Crippen molar-refractivity contribution < 1.29 is 0 Å². The summed E-state index contributed by atoms with van der Waals surface area (Å²) in [5, 5.41) is 3.20. The van der Waals surface area contributed by atoms with E-state index in [9.17, 15) is 4.79 Å². The van der Waals surface area contributed by atoms with Crippen LogP contribution >= 0.6 is 11.6 Å². The molecular weight excluding hydrogens is 262 g/mol. The van der Waals surface area contributed by atoms with Crippen molar-refractivity contribution in [1.82, 2.24) is 9.55 Å². The molecule has 19 heavy (non-hydrogen) atoms. The van der Waals surface area contributed by atoms with Gasteiger partial charge < -0.3 is 9.88 Å². The Balaban J connectivity index is 1.99. The summed E-state index contributed by atoms with van der Waals surface area (Å²) < 4.78 is 1.79. The minimum absolute atomic E-state index is 0.00172. The standard InChI is InChI=1S/C14H22ClN3O/c1-14(2,6-3-7-15)10-17-12-13(19)18(9-8-16-12)11-4-5-11/h8-9,11H,3-7,10H2,1-2H3,(H,16,17). The molecule has 0 saturated heterocycles. The van der Waals surface area contributed by atoms with Gasteiger partial charge in [-0.2, -0.15) is 0 Å². The Morgan fingerprint density at radius 2 is 2.26 bits per heavy atom. The average Bonchev–Trinajstić information content (AvgIpc) is 3.20. The first-order chi connectivity index (χ1) is 9.03. The molecule has 1 aliphatic rings. The topological polar surface area (TPSA) is 46.9 Å². The molecular formula is C14H22ClN3O. The van der Waals surface area contributed by atoms with Crippen molar-refractivity contribution in [2.24, 2.45) is 5.41 Å². The predicted octanol–water partition coefficient (Wildman–Crippen LogP) is 3.04. The van der Waals surface area contributed by atoms with E-state index >= 15 is 0 Å². The van der Waals surface area contributed by atoms with Crippen LogP contribution in [0.1, 0.15) is 45.6 Å². The monoisotopic (exact) mass is 283 g/mol. The summed E-state index contributed by atoms with van der Waals surface area (Å²) in [6.45, 7) is 5.09. The van der Waals surface area contributed by atoms with Crippen LogP contribution in [0.4, 0.5) is 5.82 Å². The maximum atomic E-state index is 12.2. The van der Waals surface area contributed by atoms with Crippen LogP contribution in [0.5, 0.6) is 0 Å². The zero-order valence-electron chi connectivity index (χ0n) is 11.7. The van der Waals surface area contributed by atoms with Crippen molar-refractivity contribution in [3.05, 3.63) is 22.7 Å². The van der Waals surface area contributed by atoms with Gasteiger partial charge in [-0.3, -0.25) is 4.79 Å². The summed E-state index contributed by atoms with van der Waals surface area (Å²) in [4.78, 5) is 16.4. The summed E-state index contributed by atoms with van der Waals surface area (Å²) in [7, 11) is 0. The van der Waals surface area contributed by atoms with Crippen LogP contribution in [0, 0.1) is 5.41 Å². The van der Waals surface area contributed by atoms with E-state index in [-0.39, 0.29) is 11.0 Å². The van der Waals surface area contributed by atoms with Gasteiger partial charge in [0, 0.05) is 30.9 Å². The van der Waals surface area contributed by atoms with Crippen LogP contribution in [0.2, 0.25) is 0 Å². The first kappa shape index (κ1) is 14.4. The Hall–Kier alpha value is -1.03. The molecule has 1 fully saturated rings. The van der Waals surface area contributed by atoms with Gasteiger partial charge in [-0.05, 0) is 31.1 Å². The Kier molecular flexibility index (Phi) is 4.50. The number of anilines is 1. The quantitative estimate of drug-likeness (QED) is 0.783. The highest BCUT2D eigenvalue weighted by Crippen LogP contribution is 2.33. The number of nitrogens with zero attached hydrogens (tertiary/aromatic N) is 2. The van der Waals surface area contributed by atoms with E-state index in [0.717, 1.165) is 32.2 Å². The first-order valence-electron chi connectivity index (χ1n) is 6.90. The number of nitrogens with one attached hydrogen (secondary N) is 1. The lowest BCUT2D eigenvalue weighted by atomic mass is 9.88. The summed E-state index contributed by atoms with van der Waals surface area (Å²) in [5.74, 6) is 1.15. The zero-order chi connectivity index (χ0) is 13.9. The number of halogens is 1. The largest absolute Gasteiger partial charge is 0.365 e. The van der Waals surface area contributed by atoms with Crippen LogP contribution in [0.15, 0.2) is 17.2 Å². The lowest BCUT2D eigenvalue weighted by Crippen LogP contribution is -2.29. The molecule has 1 N–H and O–H groups in total. The summed E-state index contributed by atoms with van der Waals surface area (Å²) in [6, 6.07) is 0.389. The minimum Gasteiger partial charge on any atom is -0.365 e. The molecule has 1 heterocycles. The molecule has 1 aromatic rings. The van der Waals surface area contributed by atoms with E-state index in [1.165, 1.54) is 0 Å². The van der Waals surface area contributed by atoms with Gasteiger partial charge in [0.05, 0.1) is 0 Å². The van der Waals surface area contributed by atoms with Crippen LogP contribution in [0.25, 0.3) is 0 Å². The highest BCUT2D eigenvalue weighted by atomic mass is 35.5. The maximum Gasteiger partial charge on any atom is 0.293 e. The number of hydrogen-bond donors (Lipinski definition) is 1. The van der Waals surface area contributed by atoms with Crippen molar-refractivity contribution >= 4 is 17.4 Å². The molecule has 0 radical (unpaired) electrons. The highest BCUT2D eigenvalue weighted by Gasteiger charge is 2.25. The second kappa shape index (κ2) is 5.95. The predicted molar refractivity (Wildman–Crippen MR) is 79.0 cm³/mol. The van der Waals surface area contributed by atoms with Gasteiger partial charge in [0.25, 0.3) is 5.56 Å². The van der Waals surface area contributed by atoms with Gasteiger partial charge in [0.1, 0.15) is 0 Å². The second-order valence-corrected chi connectivity index (χ2v) is 6.41. The summed E-state index contributed by atoms with van der Waals surface area (Å²) >= 11 is 5.73. The van der Waals surface area contributed by atoms with E-state index in [0.29, 0.717) is 17.7 Å². The molecule has 2 rings (SSSR count). The lowest BCUT2D eigenvalue weighted by molar-refractivity contribution is 0.355. The Morgan fingerprint density at radius 1 is 1.53 bits per heavy atom. The van der Waals surface area contributed by atoms with Gasteiger partial charge in [-0.15, -0.1) is 11.6 Å². The SMILES string of the molecule is CC(C)(CCCCl)CNc1nccn(C2CC2)c1=O. The minimum atomic E-state index is -0.00172. The van der Waals surface area contributed by atoms with Crippen LogP contribution in [-0.4, -0.2) is 22.0 Å². The van der Waals surface area contributed by atoms with Gasteiger partial charge in [-0.1, -0.05) is 13.8 Å². The molecule has 0 bridgehead atoms. The zero-order valence-corrected chi connectivity index (χ0v) is 12.4. The van der Waals surface area contributed by atoms with E-state index in [2.05, 4.69) is 24.1 Å². The number of alkyl halides is 1. The molecule has 1 aliphatic carbocycles. The second-order valence-electron chi connectivity index (χ2n) is 6.03.